The van der Waals surface area contributed by atoms with Crippen molar-refractivity contribution in [2.75, 3.05) is 0 Å². The van der Waals surface area contributed by atoms with Crippen molar-refractivity contribution in [3.05, 3.63) is 36.0 Å². The first-order valence-corrected chi connectivity index (χ1v) is 11.7. The normalized spacial score (nSPS) is 14.2. The van der Waals surface area contributed by atoms with Gasteiger partial charge in [-0.05, 0) is 17.5 Å². The molecule has 4 amide bonds. The molecule has 14 heteroatoms. The third-order valence-corrected chi connectivity index (χ3v) is 5.78. The van der Waals surface area contributed by atoms with E-state index in [9.17, 15) is 39.0 Å². The fraction of sp³-hybridized carbons (Fsp3) is 0.417. The maximum absolute atomic E-state index is 13.3. The van der Waals surface area contributed by atoms with Crippen LogP contribution in [0.3, 0.4) is 0 Å². The summed E-state index contributed by atoms with van der Waals surface area (Å²) in [6, 6.07) is 1.55. The van der Waals surface area contributed by atoms with E-state index in [-0.39, 0.29) is 12.3 Å². The molecule has 0 saturated carbocycles. The van der Waals surface area contributed by atoms with Gasteiger partial charge in [0.25, 0.3) is 0 Å². The van der Waals surface area contributed by atoms with Crippen LogP contribution in [0, 0.1) is 5.92 Å². The third kappa shape index (κ3) is 8.30. The number of hydrogen-bond donors (Lipinski definition) is 8. The van der Waals surface area contributed by atoms with Gasteiger partial charge in [0.15, 0.2) is 0 Å². The highest BCUT2D eigenvalue weighted by Crippen LogP contribution is 2.19. The van der Waals surface area contributed by atoms with E-state index in [0.29, 0.717) is 5.56 Å². The highest BCUT2D eigenvalue weighted by atomic mass is 16.4. The SMILES string of the molecule is CC(C)C(N)C(=O)NC(Cc1c[nH]c2ccccc12)C(=O)NC(CC(=O)O)C(=O)NC(CC(N)=O)C(=O)O. The fourth-order valence-corrected chi connectivity index (χ4v) is 3.63. The smallest absolute Gasteiger partial charge is 0.326 e. The number of nitrogens with two attached hydrogens (primary N) is 2. The third-order valence-electron chi connectivity index (χ3n) is 5.78. The molecule has 2 rings (SSSR count). The highest BCUT2D eigenvalue weighted by molar-refractivity contribution is 5.96. The molecule has 1 heterocycles. The lowest BCUT2D eigenvalue weighted by Gasteiger charge is -2.25. The van der Waals surface area contributed by atoms with Crippen molar-refractivity contribution < 1.29 is 39.0 Å². The van der Waals surface area contributed by atoms with Crippen LogP contribution >= 0.6 is 0 Å². The summed E-state index contributed by atoms with van der Waals surface area (Å²) < 4.78 is 0. The summed E-state index contributed by atoms with van der Waals surface area (Å²) in [4.78, 5) is 75.7. The number of para-hydroxylation sites is 1. The highest BCUT2D eigenvalue weighted by Gasteiger charge is 2.32. The number of nitrogens with one attached hydrogen (secondary N) is 4. The second-order valence-corrected chi connectivity index (χ2v) is 9.12. The van der Waals surface area contributed by atoms with E-state index in [1.165, 1.54) is 0 Å². The molecular weight excluding hydrogens is 500 g/mol. The van der Waals surface area contributed by atoms with Crippen molar-refractivity contribution >= 4 is 46.5 Å². The summed E-state index contributed by atoms with van der Waals surface area (Å²) in [7, 11) is 0. The Labute approximate surface area is 217 Å². The van der Waals surface area contributed by atoms with Crippen LogP contribution in [-0.4, -0.2) is 74.9 Å². The Morgan fingerprint density at radius 1 is 0.868 bits per heavy atom. The van der Waals surface area contributed by atoms with Crippen LogP contribution in [0.5, 0.6) is 0 Å². The van der Waals surface area contributed by atoms with E-state index in [0.717, 1.165) is 10.9 Å². The fourth-order valence-electron chi connectivity index (χ4n) is 3.63. The predicted molar refractivity (Wildman–Crippen MR) is 134 cm³/mol. The Morgan fingerprint density at radius 3 is 2.03 bits per heavy atom. The van der Waals surface area contributed by atoms with E-state index in [4.69, 9.17) is 11.5 Å². The number of amides is 4. The molecule has 0 saturated heterocycles. The van der Waals surface area contributed by atoms with Gasteiger partial charge in [0.05, 0.1) is 18.9 Å². The maximum Gasteiger partial charge on any atom is 0.326 e. The average Bonchev–Trinajstić information content (AvgIpc) is 3.24. The van der Waals surface area contributed by atoms with Crippen LogP contribution in [0.15, 0.2) is 30.5 Å². The first-order valence-electron chi connectivity index (χ1n) is 11.7. The Kier molecular flexibility index (Phi) is 10.3. The van der Waals surface area contributed by atoms with Crippen molar-refractivity contribution in [2.24, 2.45) is 17.4 Å². The second-order valence-electron chi connectivity index (χ2n) is 9.12. The van der Waals surface area contributed by atoms with Crippen molar-refractivity contribution in [3.63, 3.8) is 0 Å². The molecule has 14 nitrogen and oxygen atoms in total. The van der Waals surface area contributed by atoms with Crippen LogP contribution in [0.2, 0.25) is 0 Å². The van der Waals surface area contributed by atoms with Crippen LogP contribution in [0.25, 0.3) is 10.9 Å². The van der Waals surface area contributed by atoms with Crippen LogP contribution < -0.4 is 27.4 Å². The lowest BCUT2D eigenvalue weighted by Crippen LogP contribution is -2.58. The Hall–Kier alpha value is -4.46. The van der Waals surface area contributed by atoms with Gasteiger partial charge in [-0.3, -0.25) is 24.0 Å². The van der Waals surface area contributed by atoms with Crippen molar-refractivity contribution in [1.82, 2.24) is 20.9 Å². The molecule has 0 aliphatic carbocycles. The summed E-state index contributed by atoms with van der Waals surface area (Å²) >= 11 is 0. The van der Waals surface area contributed by atoms with Gasteiger partial charge in [0, 0.05) is 23.5 Å². The van der Waals surface area contributed by atoms with E-state index in [1.807, 2.05) is 23.5 Å². The van der Waals surface area contributed by atoms with Crippen LogP contribution in [0.4, 0.5) is 0 Å². The summed E-state index contributed by atoms with van der Waals surface area (Å²) in [6.07, 6.45) is -0.0314. The number of rotatable bonds is 14. The van der Waals surface area contributed by atoms with Gasteiger partial charge in [-0.1, -0.05) is 32.0 Å². The molecule has 206 valence electrons. The van der Waals surface area contributed by atoms with Gasteiger partial charge >= 0.3 is 11.9 Å². The lowest BCUT2D eigenvalue weighted by molar-refractivity contribution is -0.144. The zero-order chi connectivity index (χ0) is 28.6. The quantitative estimate of drug-likeness (QED) is 0.142. The summed E-state index contributed by atoms with van der Waals surface area (Å²) in [5.74, 6) is -7.01. The molecular formula is C24H32N6O8. The first-order chi connectivity index (χ1) is 17.8. The van der Waals surface area contributed by atoms with E-state index in [2.05, 4.69) is 15.6 Å². The Balaban J connectivity index is 2.32. The van der Waals surface area contributed by atoms with Gasteiger partial charge < -0.3 is 42.6 Å². The molecule has 10 N–H and O–H groups in total. The van der Waals surface area contributed by atoms with Crippen LogP contribution in [-0.2, 0) is 35.2 Å². The van der Waals surface area contributed by atoms with Crippen molar-refractivity contribution in [1.29, 1.82) is 0 Å². The number of hydrogen-bond acceptors (Lipinski definition) is 7. The Bertz CT molecular complexity index is 1210. The molecule has 0 aliphatic rings. The minimum atomic E-state index is -1.74. The number of carbonyl (C=O) groups excluding carboxylic acids is 4. The van der Waals surface area contributed by atoms with Crippen molar-refractivity contribution in [2.45, 2.75) is 57.3 Å². The van der Waals surface area contributed by atoms with Gasteiger partial charge in [-0.2, -0.15) is 0 Å². The molecule has 0 radical (unpaired) electrons. The summed E-state index contributed by atoms with van der Waals surface area (Å²) in [5, 5.41) is 26.1. The molecule has 2 aromatic rings. The van der Waals surface area contributed by atoms with Crippen molar-refractivity contribution in [3.8, 4) is 0 Å². The number of H-pyrrole nitrogens is 1. The van der Waals surface area contributed by atoms with E-state index < -0.39 is 72.6 Å². The molecule has 4 unspecified atom stereocenters. The van der Waals surface area contributed by atoms with Gasteiger partial charge in [-0.25, -0.2) is 4.79 Å². The molecule has 0 fully saturated rings. The molecule has 1 aromatic heterocycles. The van der Waals surface area contributed by atoms with E-state index >= 15 is 0 Å². The molecule has 4 atom stereocenters. The number of carboxylic acids is 2. The Morgan fingerprint density at radius 2 is 1.45 bits per heavy atom. The molecule has 0 bridgehead atoms. The topological polar surface area (TPSA) is 247 Å². The summed E-state index contributed by atoms with van der Waals surface area (Å²) in [6.45, 7) is 3.44. The monoisotopic (exact) mass is 532 g/mol. The van der Waals surface area contributed by atoms with Gasteiger partial charge in [-0.15, -0.1) is 0 Å². The average molecular weight is 533 g/mol. The van der Waals surface area contributed by atoms with E-state index in [1.54, 1.807) is 26.1 Å². The zero-order valence-corrected chi connectivity index (χ0v) is 20.9. The molecule has 1 aromatic carbocycles. The summed E-state index contributed by atoms with van der Waals surface area (Å²) in [5.41, 5.74) is 12.4. The minimum Gasteiger partial charge on any atom is -0.481 e. The number of aromatic nitrogens is 1. The number of carboxylic acid groups (broad SMARTS) is 2. The zero-order valence-electron chi connectivity index (χ0n) is 20.9. The molecule has 38 heavy (non-hydrogen) atoms. The van der Waals surface area contributed by atoms with Crippen LogP contribution in [0.1, 0.15) is 32.3 Å². The number of benzene rings is 1. The molecule has 0 spiro atoms. The molecule has 0 aliphatic heterocycles. The number of aromatic amines is 1. The van der Waals surface area contributed by atoms with Gasteiger partial charge in [0.1, 0.15) is 18.1 Å². The standard InChI is InChI=1S/C24H32N6O8/c1-11(2)20(26)23(36)29-15(7-12-10-27-14-6-4-3-5-13(12)14)21(34)28-16(9-19(32)33)22(35)30-17(24(37)38)8-18(25)31/h3-6,10-11,15-17,20,27H,7-9,26H2,1-2H3,(H2,25,31)(H,28,34)(H,29,36)(H,30,35)(H,32,33)(H,37,38). The first kappa shape index (κ1) is 29.8. The van der Waals surface area contributed by atoms with Gasteiger partial charge in [0.2, 0.25) is 23.6 Å². The number of carbonyl (C=O) groups is 6. The second kappa shape index (κ2) is 13.2. The predicted octanol–water partition coefficient (Wildman–Crippen LogP) is -1.42. The largest absolute Gasteiger partial charge is 0.481 e. The minimum absolute atomic E-state index is 0.0345. The number of aliphatic carboxylic acids is 2. The lowest BCUT2D eigenvalue weighted by atomic mass is 10.0. The maximum atomic E-state index is 13.3. The number of fused-ring (bicyclic) bond motifs is 1. The number of primary amides is 1.